The normalized spacial score (nSPS) is 19.0. The number of fused-ring (bicyclic) bond motifs is 1. The number of urea groups is 1. The number of amides is 2. The maximum Gasteiger partial charge on any atom is 0.329 e. The molecule has 2 aliphatic carbocycles. The predicted octanol–water partition coefficient (Wildman–Crippen LogP) is 3.90. The van der Waals surface area contributed by atoms with E-state index in [-0.39, 0.29) is 12.1 Å². The van der Waals surface area contributed by atoms with Gasteiger partial charge in [0.2, 0.25) is 0 Å². The van der Waals surface area contributed by atoms with Gasteiger partial charge in [-0.2, -0.15) is 0 Å². The number of methoxy groups -OCH3 is 1. The molecular formula is C23H26N2O4. The van der Waals surface area contributed by atoms with Gasteiger partial charge >= 0.3 is 12.0 Å². The van der Waals surface area contributed by atoms with Crippen LogP contribution in [0.4, 0.5) is 4.79 Å². The summed E-state index contributed by atoms with van der Waals surface area (Å²) in [7, 11) is 1.62. The number of aliphatic carboxylic acids is 1. The van der Waals surface area contributed by atoms with E-state index in [0.717, 1.165) is 36.1 Å². The molecule has 2 aromatic rings. The summed E-state index contributed by atoms with van der Waals surface area (Å²) < 4.78 is 5.32. The Morgan fingerprint density at radius 2 is 2.00 bits per heavy atom. The number of rotatable bonds is 6. The molecule has 152 valence electrons. The molecule has 0 heterocycles. The number of ether oxygens (including phenoxy) is 1. The van der Waals surface area contributed by atoms with E-state index in [9.17, 15) is 14.7 Å². The summed E-state index contributed by atoms with van der Waals surface area (Å²) in [5.41, 5.74) is 2.24. The third-order valence-electron chi connectivity index (χ3n) is 5.97. The van der Waals surface area contributed by atoms with Crippen molar-refractivity contribution >= 4 is 12.0 Å². The first-order chi connectivity index (χ1) is 14.0. The van der Waals surface area contributed by atoms with Crippen molar-refractivity contribution in [1.29, 1.82) is 0 Å². The molecule has 0 aromatic heterocycles. The number of carboxylic acid groups (broad SMARTS) is 1. The molecule has 0 bridgehead atoms. The molecule has 1 fully saturated rings. The van der Waals surface area contributed by atoms with Gasteiger partial charge in [-0.05, 0) is 60.9 Å². The highest BCUT2D eigenvalue weighted by molar-refractivity contribution is 5.89. The topological polar surface area (TPSA) is 78.9 Å². The molecule has 0 saturated heterocycles. The van der Waals surface area contributed by atoms with Crippen LogP contribution in [0.2, 0.25) is 0 Å². The molecule has 6 heteroatoms. The zero-order chi connectivity index (χ0) is 20.4. The Labute approximate surface area is 170 Å². The molecule has 0 unspecified atom stereocenters. The number of carbonyl (C=O) groups excluding carboxylic acids is 1. The Bertz CT molecular complexity index is 923. The van der Waals surface area contributed by atoms with Crippen LogP contribution >= 0.6 is 0 Å². The second kappa shape index (κ2) is 7.78. The molecule has 0 aliphatic heterocycles. The Morgan fingerprint density at radius 1 is 1.21 bits per heavy atom. The van der Waals surface area contributed by atoms with E-state index in [0.29, 0.717) is 19.4 Å². The number of nitrogens with zero attached hydrogens (tertiary/aromatic N) is 1. The molecule has 2 aromatic carbocycles. The number of hydrogen-bond acceptors (Lipinski definition) is 3. The van der Waals surface area contributed by atoms with Crippen LogP contribution < -0.4 is 10.1 Å². The smallest absolute Gasteiger partial charge is 0.329 e. The number of carbonyl (C=O) groups is 2. The fourth-order valence-corrected chi connectivity index (χ4v) is 4.14. The van der Waals surface area contributed by atoms with Gasteiger partial charge in [0.25, 0.3) is 0 Å². The van der Waals surface area contributed by atoms with Crippen molar-refractivity contribution in [2.75, 3.05) is 7.11 Å². The highest BCUT2D eigenvalue weighted by Crippen LogP contribution is 2.38. The highest BCUT2D eigenvalue weighted by Gasteiger charge is 2.52. The zero-order valence-corrected chi connectivity index (χ0v) is 16.6. The Morgan fingerprint density at radius 3 is 2.72 bits per heavy atom. The Balaban J connectivity index is 1.65. The first-order valence-corrected chi connectivity index (χ1v) is 10.1. The summed E-state index contributed by atoms with van der Waals surface area (Å²) in [6.07, 6.45) is 3.80. The number of carboxylic acids is 1. The van der Waals surface area contributed by atoms with Gasteiger partial charge in [-0.1, -0.05) is 36.4 Å². The number of benzene rings is 2. The fourth-order valence-electron chi connectivity index (χ4n) is 4.14. The maximum absolute atomic E-state index is 13.3. The summed E-state index contributed by atoms with van der Waals surface area (Å²) in [4.78, 5) is 26.7. The van der Waals surface area contributed by atoms with Crippen molar-refractivity contribution in [2.24, 2.45) is 0 Å². The van der Waals surface area contributed by atoms with E-state index >= 15 is 0 Å². The third-order valence-corrected chi connectivity index (χ3v) is 5.97. The Kier molecular flexibility index (Phi) is 5.18. The van der Waals surface area contributed by atoms with Gasteiger partial charge in [0, 0.05) is 6.54 Å². The quantitative estimate of drug-likeness (QED) is 0.779. The lowest BCUT2D eigenvalue weighted by Gasteiger charge is -2.36. The standard InChI is InChI=1S/C23H26N2O4/c1-29-18-9-4-6-16(14-18)15-25(22(28)24-23(12-13-23)21(26)27)20-11-5-8-17-7-2-3-10-19(17)20/h2-4,6-7,9-10,14,20H,5,8,11-13,15H2,1H3,(H,24,28)(H,26,27)/t20-/m0/s1. The predicted molar refractivity (Wildman–Crippen MR) is 109 cm³/mol. The monoisotopic (exact) mass is 394 g/mol. The lowest BCUT2D eigenvalue weighted by atomic mass is 9.86. The minimum Gasteiger partial charge on any atom is -0.497 e. The SMILES string of the molecule is COc1cccc(CN(C(=O)NC2(C(=O)O)CC2)[C@H]2CCCc3ccccc32)c1. The largest absolute Gasteiger partial charge is 0.497 e. The first-order valence-electron chi connectivity index (χ1n) is 10.1. The fraction of sp³-hybridized carbons (Fsp3) is 0.391. The molecule has 29 heavy (non-hydrogen) atoms. The Hall–Kier alpha value is -3.02. The highest BCUT2D eigenvalue weighted by atomic mass is 16.5. The number of nitrogens with one attached hydrogen (secondary N) is 1. The lowest BCUT2D eigenvalue weighted by molar-refractivity contribution is -0.140. The van der Waals surface area contributed by atoms with Gasteiger partial charge in [0.05, 0.1) is 13.2 Å². The molecule has 2 aliphatic rings. The van der Waals surface area contributed by atoms with Crippen LogP contribution in [0.25, 0.3) is 0 Å². The molecule has 0 spiro atoms. The van der Waals surface area contributed by atoms with Crippen LogP contribution in [-0.2, 0) is 17.8 Å². The second-order valence-electron chi connectivity index (χ2n) is 7.90. The van der Waals surface area contributed by atoms with Crippen LogP contribution in [0.3, 0.4) is 0 Å². The van der Waals surface area contributed by atoms with Crippen LogP contribution in [0, 0.1) is 0 Å². The van der Waals surface area contributed by atoms with Crippen molar-refractivity contribution in [1.82, 2.24) is 10.2 Å². The van der Waals surface area contributed by atoms with Crippen LogP contribution in [-0.4, -0.2) is 34.7 Å². The van der Waals surface area contributed by atoms with Gasteiger partial charge in [0.1, 0.15) is 11.3 Å². The molecular weight excluding hydrogens is 368 g/mol. The van der Waals surface area contributed by atoms with Crippen molar-refractivity contribution < 1.29 is 19.4 Å². The summed E-state index contributed by atoms with van der Waals surface area (Å²) in [6.45, 7) is 0.387. The second-order valence-corrected chi connectivity index (χ2v) is 7.90. The average Bonchev–Trinajstić information content (AvgIpc) is 3.52. The van der Waals surface area contributed by atoms with Crippen LogP contribution in [0.5, 0.6) is 5.75 Å². The van der Waals surface area contributed by atoms with Crippen LogP contribution in [0.15, 0.2) is 48.5 Å². The number of aryl methyl sites for hydroxylation is 1. The van der Waals surface area contributed by atoms with E-state index in [1.54, 1.807) is 12.0 Å². The zero-order valence-electron chi connectivity index (χ0n) is 16.6. The van der Waals surface area contributed by atoms with Crippen molar-refractivity contribution in [3.63, 3.8) is 0 Å². The van der Waals surface area contributed by atoms with E-state index in [4.69, 9.17) is 4.74 Å². The molecule has 2 N–H and O–H groups in total. The molecule has 1 saturated carbocycles. The summed E-state index contributed by atoms with van der Waals surface area (Å²) >= 11 is 0. The minimum atomic E-state index is -1.11. The average molecular weight is 394 g/mol. The first kappa shape index (κ1) is 19.3. The van der Waals surface area contributed by atoms with E-state index in [2.05, 4.69) is 17.4 Å². The molecule has 0 radical (unpaired) electrons. The van der Waals surface area contributed by atoms with E-state index in [1.807, 2.05) is 36.4 Å². The van der Waals surface area contributed by atoms with Crippen molar-refractivity contribution in [3.8, 4) is 5.75 Å². The van der Waals surface area contributed by atoms with Crippen molar-refractivity contribution in [2.45, 2.75) is 50.2 Å². The van der Waals surface area contributed by atoms with Gasteiger partial charge in [0.15, 0.2) is 0 Å². The minimum absolute atomic E-state index is 0.0873. The lowest BCUT2D eigenvalue weighted by Crippen LogP contribution is -2.50. The van der Waals surface area contributed by atoms with Gasteiger partial charge in [-0.25, -0.2) is 9.59 Å². The summed E-state index contributed by atoms with van der Waals surface area (Å²) in [6, 6.07) is 15.4. The number of hydrogen-bond donors (Lipinski definition) is 2. The van der Waals surface area contributed by atoms with Gasteiger partial charge < -0.3 is 20.1 Å². The van der Waals surface area contributed by atoms with E-state index in [1.165, 1.54) is 5.56 Å². The van der Waals surface area contributed by atoms with Gasteiger partial charge in [-0.15, -0.1) is 0 Å². The maximum atomic E-state index is 13.3. The molecule has 1 atom stereocenters. The molecule has 4 rings (SSSR count). The van der Waals surface area contributed by atoms with Gasteiger partial charge in [-0.3, -0.25) is 0 Å². The van der Waals surface area contributed by atoms with E-state index < -0.39 is 11.5 Å². The third kappa shape index (κ3) is 3.92. The molecule has 2 amide bonds. The molecule has 6 nitrogen and oxygen atoms in total. The summed E-state index contributed by atoms with van der Waals surface area (Å²) in [5.74, 6) is -0.229. The van der Waals surface area contributed by atoms with Crippen LogP contribution in [0.1, 0.15) is 48.4 Å². The van der Waals surface area contributed by atoms with Crippen molar-refractivity contribution in [3.05, 3.63) is 65.2 Å². The summed E-state index contributed by atoms with van der Waals surface area (Å²) in [5, 5.41) is 12.3.